The lowest BCUT2D eigenvalue weighted by atomic mass is 9.82. The van der Waals surface area contributed by atoms with Crippen LogP contribution >= 0.6 is 0 Å². The molecule has 0 aliphatic heterocycles. The van der Waals surface area contributed by atoms with Gasteiger partial charge in [-0.3, -0.25) is 4.68 Å². The summed E-state index contributed by atoms with van der Waals surface area (Å²) in [4.78, 5) is 0. The quantitative estimate of drug-likeness (QED) is 0.762. The SMILES string of the molecule is CCCc1nn(C)c(NC2(CO)CCCCC2)c1N. The van der Waals surface area contributed by atoms with Crippen LogP contribution in [-0.2, 0) is 13.5 Å². The highest BCUT2D eigenvalue weighted by atomic mass is 16.3. The fourth-order valence-corrected chi connectivity index (χ4v) is 2.97. The van der Waals surface area contributed by atoms with Gasteiger partial charge in [0, 0.05) is 7.05 Å². The molecule has 0 spiro atoms. The molecular formula is C14H26N4O. The molecule has 0 radical (unpaired) electrons. The van der Waals surface area contributed by atoms with E-state index in [1.165, 1.54) is 6.42 Å². The lowest BCUT2D eigenvalue weighted by molar-refractivity contribution is 0.172. The summed E-state index contributed by atoms with van der Waals surface area (Å²) in [5.41, 5.74) is 7.67. The van der Waals surface area contributed by atoms with Crippen LogP contribution in [0.25, 0.3) is 0 Å². The number of rotatable bonds is 5. The molecule has 4 N–H and O–H groups in total. The third kappa shape index (κ3) is 2.86. The molecule has 19 heavy (non-hydrogen) atoms. The molecule has 1 fully saturated rings. The van der Waals surface area contributed by atoms with Crippen molar-refractivity contribution in [3.63, 3.8) is 0 Å². The van der Waals surface area contributed by atoms with Crippen LogP contribution in [0.5, 0.6) is 0 Å². The first-order valence-corrected chi connectivity index (χ1v) is 7.32. The van der Waals surface area contributed by atoms with E-state index in [0.717, 1.165) is 55.7 Å². The number of nitrogens with two attached hydrogens (primary N) is 1. The van der Waals surface area contributed by atoms with Gasteiger partial charge in [0.15, 0.2) is 0 Å². The smallest absolute Gasteiger partial charge is 0.148 e. The molecule has 1 heterocycles. The van der Waals surface area contributed by atoms with Crippen LogP contribution in [-0.4, -0.2) is 27.0 Å². The first kappa shape index (κ1) is 14.2. The Kier molecular flexibility index (Phi) is 4.34. The summed E-state index contributed by atoms with van der Waals surface area (Å²) >= 11 is 0. The van der Waals surface area contributed by atoms with Gasteiger partial charge < -0.3 is 16.2 Å². The van der Waals surface area contributed by atoms with Gasteiger partial charge in [-0.15, -0.1) is 0 Å². The van der Waals surface area contributed by atoms with Gasteiger partial charge in [-0.1, -0.05) is 32.6 Å². The van der Waals surface area contributed by atoms with Crippen LogP contribution < -0.4 is 11.1 Å². The fraction of sp³-hybridized carbons (Fsp3) is 0.786. The van der Waals surface area contributed by atoms with Gasteiger partial charge in [-0.25, -0.2) is 0 Å². The van der Waals surface area contributed by atoms with E-state index in [2.05, 4.69) is 17.3 Å². The zero-order valence-electron chi connectivity index (χ0n) is 12.1. The summed E-state index contributed by atoms with van der Waals surface area (Å²) in [7, 11) is 1.91. The zero-order chi connectivity index (χ0) is 13.9. The van der Waals surface area contributed by atoms with E-state index in [4.69, 9.17) is 5.73 Å². The van der Waals surface area contributed by atoms with Crippen molar-refractivity contribution in [3.8, 4) is 0 Å². The monoisotopic (exact) mass is 266 g/mol. The summed E-state index contributed by atoms with van der Waals surface area (Å²) in [6, 6.07) is 0. The molecule has 0 atom stereocenters. The minimum absolute atomic E-state index is 0.154. The largest absolute Gasteiger partial charge is 0.394 e. The fourth-order valence-electron chi connectivity index (χ4n) is 2.97. The van der Waals surface area contributed by atoms with Gasteiger partial charge >= 0.3 is 0 Å². The Labute approximate surface area is 115 Å². The molecule has 0 saturated heterocycles. The predicted octanol–water partition coefficient (Wildman–Crippen LogP) is 2.06. The summed E-state index contributed by atoms with van der Waals surface area (Å²) in [5, 5.41) is 17.7. The van der Waals surface area contributed by atoms with Crippen molar-refractivity contribution in [2.24, 2.45) is 7.05 Å². The van der Waals surface area contributed by atoms with Crippen LogP contribution in [0.1, 0.15) is 51.1 Å². The van der Waals surface area contributed by atoms with Crippen molar-refractivity contribution < 1.29 is 5.11 Å². The number of anilines is 2. The Bertz CT molecular complexity index is 421. The highest BCUT2D eigenvalue weighted by Crippen LogP contribution is 2.34. The van der Waals surface area contributed by atoms with Crippen molar-refractivity contribution in [1.29, 1.82) is 0 Å². The minimum atomic E-state index is -0.219. The molecule has 1 aromatic rings. The summed E-state index contributed by atoms with van der Waals surface area (Å²) < 4.78 is 1.81. The molecule has 1 aliphatic rings. The lowest BCUT2D eigenvalue weighted by Crippen LogP contribution is -2.44. The van der Waals surface area contributed by atoms with Crippen LogP contribution in [0.3, 0.4) is 0 Å². The molecule has 0 bridgehead atoms. The number of aromatic nitrogens is 2. The average molecular weight is 266 g/mol. The van der Waals surface area contributed by atoms with Gasteiger partial charge in [0.2, 0.25) is 0 Å². The molecule has 108 valence electrons. The number of aryl methyl sites for hydroxylation is 2. The summed E-state index contributed by atoms with van der Waals surface area (Å²) in [6.45, 7) is 2.28. The first-order chi connectivity index (χ1) is 9.12. The van der Waals surface area contributed by atoms with Crippen molar-refractivity contribution in [3.05, 3.63) is 5.69 Å². The first-order valence-electron chi connectivity index (χ1n) is 7.32. The van der Waals surface area contributed by atoms with E-state index in [1.807, 2.05) is 11.7 Å². The van der Waals surface area contributed by atoms with E-state index >= 15 is 0 Å². The van der Waals surface area contributed by atoms with Crippen molar-refractivity contribution in [2.45, 2.75) is 57.4 Å². The predicted molar refractivity (Wildman–Crippen MR) is 78.1 cm³/mol. The van der Waals surface area contributed by atoms with Gasteiger partial charge in [0.1, 0.15) is 5.82 Å². The minimum Gasteiger partial charge on any atom is -0.394 e. The average Bonchev–Trinajstić information content (AvgIpc) is 2.68. The maximum atomic E-state index is 9.76. The number of nitrogens with one attached hydrogen (secondary N) is 1. The second-order valence-corrected chi connectivity index (χ2v) is 5.71. The molecule has 2 rings (SSSR count). The number of nitrogens with zero attached hydrogens (tertiary/aromatic N) is 2. The molecule has 0 amide bonds. The van der Waals surface area contributed by atoms with E-state index in [-0.39, 0.29) is 12.1 Å². The Morgan fingerprint density at radius 2 is 2.05 bits per heavy atom. The van der Waals surface area contributed by atoms with Crippen molar-refractivity contribution in [1.82, 2.24) is 9.78 Å². The second-order valence-electron chi connectivity index (χ2n) is 5.71. The lowest BCUT2D eigenvalue weighted by Gasteiger charge is -2.37. The Balaban J connectivity index is 2.21. The molecule has 0 unspecified atom stereocenters. The van der Waals surface area contributed by atoms with Crippen LogP contribution in [0, 0.1) is 0 Å². The Morgan fingerprint density at radius 1 is 1.37 bits per heavy atom. The summed E-state index contributed by atoms with van der Waals surface area (Å²) in [5.74, 6) is 0.861. The standard InChI is InChI=1S/C14H26N4O/c1-3-7-11-12(15)13(18(2)17-11)16-14(10-19)8-5-4-6-9-14/h16,19H,3-10,15H2,1-2H3. The highest BCUT2D eigenvalue weighted by molar-refractivity contribution is 5.66. The molecule has 1 aromatic heterocycles. The third-order valence-electron chi connectivity index (χ3n) is 4.14. The van der Waals surface area contributed by atoms with Crippen LogP contribution in [0.2, 0.25) is 0 Å². The molecule has 1 saturated carbocycles. The molecule has 0 aromatic carbocycles. The van der Waals surface area contributed by atoms with Crippen molar-refractivity contribution in [2.75, 3.05) is 17.7 Å². The van der Waals surface area contributed by atoms with Gasteiger partial charge in [0.05, 0.1) is 23.5 Å². The third-order valence-corrected chi connectivity index (χ3v) is 4.14. The summed E-state index contributed by atoms with van der Waals surface area (Å²) in [6.07, 6.45) is 7.50. The molecular weight excluding hydrogens is 240 g/mol. The normalized spacial score (nSPS) is 18.5. The molecule has 5 heteroatoms. The van der Waals surface area contributed by atoms with E-state index in [0.29, 0.717) is 0 Å². The number of aliphatic hydroxyl groups excluding tert-OH is 1. The number of nitrogen functional groups attached to an aromatic ring is 1. The number of hydrogen-bond donors (Lipinski definition) is 3. The van der Waals surface area contributed by atoms with Crippen LogP contribution in [0.15, 0.2) is 0 Å². The Morgan fingerprint density at radius 3 is 2.63 bits per heavy atom. The number of aliphatic hydroxyl groups is 1. The van der Waals surface area contributed by atoms with Crippen molar-refractivity contribution >= 4 is 11.5 Å². The topological polar surface area (TPSA) is 76.1 Å². The van der Waals surface area contributed by atoms with Gasteiger partial charge in [-0.05, 0) is 19.3 Å². The zero-order valence-corrected chi connectivity index (χ0v) is 12.1. The van der Waals surface area contributed by atoms with Gasteiger partial charge in [-0.2, -0.15) is 5.10 Å². The highest BCUT2D eigenvalue weighted by Gasteiger charge is 2.33. The molecule has 1 aliphatic carbocycles. The Hall–Kier alpha value is -1.23. The maximum absolute atomic E-state index is 9.76. The van der Waals surface area contributed by atoms with E-state index < -0.39 is 0 Å². The van der Waals surface area contributed by atoms with Gasteiger partial charge in [0.25, 0.3) is 0 Å². The van der Waals surface area contributed by atoms with Crippen LogP contribution in [0.4, 0.5) is 11.5 Å². The molecule has 5 nitrogen and oxygen atoms in total. The van der Waals surface area contributed by atoms with E-state index in [9.17, 15) is 5.11 Å². The maximum Gasteiger partial charge on any atom is 0.148 e. The number of hydrogen-bond acceptors (Lipinski definition) is 4. The van der Waals surface area contributed by atoms with E-state index in [1.54, 1.807) is 0 Å². The second kappa shape index (κ2) is 5.82.